The molecular weight excluding hydrogens is 665 g/mol. The monoisotopic (exact) mass is 714 g/mol. The summed E-state index contributed by atoms with van der Waals surface area (Å²) in [5.41, 5.74) is 4.20. The highest BCUT2D eigenvalue weighted by atomic mass is 16.2. The van der Waals surface area contributed by atoms with Crippen LogP contribution in [-0.4, -0.2) is 61.4 Å². The van der Waals surface area contributed by atoms with E-state index in [1.807, 2.05) is 94.4 Å². The topological polar surface area (TPSA) is 152 Å². The van der Waals surface area contributed by atoms with Crippen molar-refractivity contribution in [1.29, 1.82) is 5.26 Å². The fourth-order valence-electron chi connectivity index (χ4n) is 5.98. The average Bonchev–Trinajstić information content (AvgIpc) is 3.18. The Labute approximate surface area is 312 Å². The molecule has 0 radical (unpaired) electrons. The first-order valence-corrected chi connectivity index (χ1v) is 18.1. The maximum Gasteiger partial charge on any atom is 0.251 e. The molecule has 0 aliphatic heterocycles. The van der Waals surface area contributed by atoms with Gasteiger partial charge in [-0.2, -0.15) is 5.26 Å². The van der Waals surface area contributed by atoms with E-state index in [9.17, 15) is 24.4 Å². The van der Waals surface area contributed by atoms with Crippen LogP contribution >= 0.6 is 0 Å². The van der Waals surface area contributed by atoms with E-state index in [1.165, 1.54) is 0 Å². The van der Waals surface area contributed by atoms with Gasteiger partial charge < -0.3 is 26.6 Å². The Morgan fingerprint density at radius 2 is 1.32 bits per heavy atom. The van der Waals surface area contributed by atoms with E-state index in [0.29, 0.717) is 36.2 Å². The van der Waals surface area contributed by atoms with Crippen molar-refractivity contribution in [2.45, 2.75) is 65.1 Å². The van der Waals surface area contributed by atoms with Crippen molar-refractivity contribution >= 4 is 23.6 Å². The first-order chi connectivity index (χ1) is 25.5. The Kier molecular flexibility index (Phi) is 14.9. The molecule has 5 N–H and O–H groups in total. The zero-order valence-corrected chi connectivity index (χ0v) is 31.1. The van der Waals surface area contributed by atoms with Crippen LogP contribution in [0.4, 0.5) is 0 Å². The molecule has 4 rings (SSSR count). The van der Waals surface area contributed by atoms with E-state index in [-0.39, 0.29) is 47.2 Å². The number of benzene rings is 4. The number of nitrogens with zero attached hydrogens (tertiary/aromatic N) is 1. The van der Waals surface area contributed by atoms with Crippen LogP contribution in [0, 0.1) is 17.2 Å². The lowest BCUT2D eigenvalue weighted by Crippen LogP contribution is -2.55. The van der Waals surface area contributed by atoms with Crippen LogP contribution in [0.25, 0.3) is 11.1 Å². The van der Waals surface area contributed by atoms with Crippen molar-refractivity contribution in [3.63, 3.8) is 0 Å². The number of amides is 4. The van der Waals surface area contributed by atoms with Crippen LogP contribution in [0.1, 0.15) is 77.9 Å². The molecule has 53 heavy (non-hydrogen) atoms. The lowest BCUT2D eigenvalue weighted by atomic mass is 9.95. The summed E-state index contributed by atoms with van der Waals surface area (Å²) in [6, 6.07) is 32.0. The first kappa shape index (κ1) is 40.0. The molecule has 0 aliphatic rings. The third-order valence-electron chi connectivity index (χ3n) is 9.08. The molecule has 0 unspecified atom stereocenters. The van der Waals surface area contributed by atoms with Gasteiger partial charge in [0.1, 0.15) is 6.04 Å². The second-order valence-electron chi connectivity index (χ2n) is 13.6. The quantitative estimate of drug-likeness (QED) is 0.0995. The molecule has 0 spiro atoms. The molecule has 4 amide bonds. The van der Waals surface area contributed by atoms with Crippen LogP contribution < -0.4 is 26.6 Å². The van der Waals surface area contributed by atoms with E-state index >= 15 is 0 Å². The number of carbonyl (C=O) groups is 4. The Hall–Kier alpha value is -5.79. The molecule has 0 fully saturated rings. The highest BCUT2D eigenvalue weighted by Gasteiger charge is 2.27. The van der Waals surface area contributed by atoms with Gasteiger partial charge in [-0.3, -0.25) is 19.2 Å². The summed E-state index contributed by atoms with van der Waals surface area (Å²) >= 11 is 0. The van der Waals surface area contributed by atoms with Crippen LogP contribution in [0.5, 0.6) is 0 Å². The van der Waals surface area contributed by atoms with Gasteiger partial charge >= 0.3 is 0 Å². The molecule has 0 saturated carbocycles. The van der Waals surface area contributed by atoms with E-state index in [2.05, 4.69) is 32.7 Å². The predicted octanol–water partition coefficient (Wildman–Crippen LogP) is 5.35. The Morgan fingerprint density at radius 1 is 0.698 bits per heavy atom. The molecule has 4 aromatic carbocycles. The SMILES string of the molecule is CCNC(=O)[C@@H](NC(=O)[C@H](C)NC[C@H](Cc1ccccc1)NC(=O)c1cc(C(=O)NC[C@H](C)c2ccccc2)cc(-c2ccccc2C#N)c1)C(C)C. The van der Waals surface area contributed by atoms with Crippen LogP contribution in [-0.2, 0) is 16.0 Å². The van der Waals surface area contributed by atoms with Crippen molar-refractivity contribution in [2.24, 2.45) is 5.92 Å². The zero-order valence-electron chi connectivity index (χ0n) is 31.1. The number of hydrogen-bond acceptors (Lipinski definition) is 6. The Balaban J connectivity index is 1.58. The van der Waals surface area contributed by atoms with Gasteiger partial charge in [-0.05, 0) is 78.6 Å². The number of likely N-dealkylation sites (N-methyl/N-ethyl adjacent to an activating group) is 1. The van der Waals surface area contributed by atoms with Crippen LogP contribution in [0.2, 0.25) is 0 Å². The summed E-state index contributed by atoms with van der Waals surface area (Å²) < 4.78 is 0. The Bertz CT molecular complexity index is 1890. The maximum atomic E-state index is 14.1. The number of hydrogen-bond donors (Lipinski definition) is 5. The van der Waals surface area contributed by atoms with E-state index < -0.39 is 24.0 Å². The Morgan fingerprint density at radius 3 is 1.96 bits per heavy atom. The van der Waals surface area contributed by atoms with Gasteiger partial charge in [-0.25, -0.2) is 0 Å². The number of rotatable bonds is 17. The van der Waals surface area contributed by atoms with Crippen molar-refractivity contribution in [3.05, 3.63) is 131 Å². The molecule has 276 valence electrons. The fraction of sp³-hybridized carbons (Fsp3) is 0.326. The second kappa shape index (κ2) is 19.7. The summed E-state index contributed by atoms with van der Waals surface area (Å²) in [4.78, 5) is 53.5. The number of nitriles is 1. The maximum absolute atomic E-state index is 14.1. The molecule has 0 bridgehead atoms. The van der Waals surface area contributed by atoms with Gasteiger partial charge in [0.2, 0.25) is 11.8 Å². The standard InChI is InChI=1S/C43H50N6O4/c1-6-45-43(53)39(28(2)3)49-40(50)30(5)46-27-37(21-31-15-9-7-10-16-31)48-42(52)36-23-34(38-20-14-13-19-33(38)25-44)22-35(24-36)41(51)47-26-29(4)32-17-11-8-12-18-32/h7-20,22-24,28-30,37,39,46H,6,21,26-27H2,1-5H3,(H,45,53)(H,47,51)(H,48,52)(H,49,50)/t29-,30-,37-,39-/m0/s1. The van der Waals surface area contributed by atoms with Gasteiger partial charge in [-0.15, -0.1) is 0 Å². The molecule has 0 heterocycles. The minimum atomic E-state index is -0.682. The summed E-state index contributed by atoms with van der Waals surface area (Å²) in [6.07, 6.45) is 0.461. The van der Waals surface area contributed by atoms with E-state index in [4.69, 9.17) is 0 Å². The summed E-state index contributed by atoms with van der Waals surface area (Å²) in [7, 11) is 0. The van der Waals surface area contributed by atoms with Gasteiger partial charge in [0.15, 0.2) is 0 Å². The summed E-state index contributed by atoms with van der Waals surface area (Å²) in [5.74, 6) is -1.38. The smallest absolute Gasteiger partial charge is 0.251 e. The van der Waals surface area contributed by atoms with Gasteiger partial charge in [-0.1, -0.05) is 99.6 Å². The van der Waals surface area contributed by atoms with Gasteiger partial charge in [0.05, 0.1) is 17.7 Å². The summed E-state index contributed by atoms with van der Waals surface area (Å²) in [5, 5.41) is 24.9. The molecule has 0 aliphatic carbocycles. The second-order valence-corrected chi connectivity index (χ2v) is 13.6. The molecule has 4 atom stereocenters. The molecule has 10 heteroatoms. The van der Waals surface area contributed by atoms with Crippen molar-refractivity contribution in [2.75, 3.05) is 19.6 Å². The average molecular weight is 715 g/mol. The van der Waals surface area contributed by atoms with E-state index in [0.717, 1.165) is 11.1 Å². The van der Waals surface area contributed by atoms with Crippen molar-refractivity contribution in [1.82, 2.24) is 26.6 Å². The summed E-state index contributed by atoms with van der Waals surface area (Å²) in [6.45, 7) is 10.4. The first-order valence-electron chi connectivity index (χ1n) is 18.1. The third-order valence-corrected chi connectivity index (χ3v) is 9.08. The van der Waals surface area contributed by atoms with Gasteiger partial charge in [0, 0.05) is 36.8 Å². The lowest BCUT2D eigenvalue weighted by molar-refractivity contribution is -0.130. The lowest BCUT2D eigenvalue weighted by Gasteiger charge is -2.25. The van der Waals surface area contributed by atoms with Gasteiger partial charge in [0.25, 0.3) is 11.8 Å². The predicted molar refractivity (Wildman–Crippen MR) is 208 cm³/mol. The van der Waals surface area contributed by atoms with Crippen molar-refractivity contribution < 1.29 is 19.2 Å². The molecule has 0 saturated heterocycles. The molecule has 0 aromatic heterocycles. The van der Waals surface area contributed by atoms with Crippen LogP contribution in [0.15, 0.2) is 103 Å². The highest BCUT2D eigenvalue weighted by Crippen LogP contribution is 2.26. The minimum absolute atomic E-state index is 0.0610. The third kappa shape index (κ3) is 11.6. The molecular formula is C43H50N6O4. The number of nitrogens with one attached hydrogen (secondary N) is 5. The fourth-order valence-corrected chi connectivity index (χ4v) is 5.98. The van der Waals surface area contributed by atoms with Crippen molar-refractivity contribution in [3.8, 4) is 17.2 Å². The van der Waals surface area contributed by atoms with Crippen LogP contribution in [0.3, 0.4) is 0 Å². The zero-order chi connectivity index (χ0) is 38.3. The highest BCUT2D eigenvalue weighted by molar-refractivity contribution is 6.02. The minimum Gasteiger partial charge on any atom is -0.355 e. The molecule has 10 nitrogen and oxygen atoms in total. The normalized spacial score (nSPS) is 13.2. The number of carbonyl (C=O) groups excluding carboxylic acids is 4. The van der Waals surface area contributed by atoms with E-state index in [1.54, 1.807) is 43.3 Å². The largest absolute Gasteiger partial charge is 0.355 e. The molecule has 4 aromatic rings.